The molecule has 0 unspecified atom stereocenters. The Morgan fingerprint density at radius 2 is 1.93 bits per heavy atom. The van der Waals surface area contributed by atoms with Gasteiger partial charge in [-0.1, -0.05) is 30.3 Å². The number of pyridine rings is 1. The lowest BCUT2D eigenvalue weighted by Crippen LogP contribution is -2.28. The van der Waals surface area contributed by atoms with Gasteiger partial charge in [0.25, 0.3) is 5.56 Å². The Bertz CT molecular complexity index is 1040. The van der Waals surface area contributed by atoms with Crippen LogP contribution in [-0.4, -0.2) is 24.5 Å². The summed E-state index contributed by atoms with van der Waals surface area (Å²) >= 11 is 0. The molecule has 0 saturated carbocycles. The van der Waals surface area contributed by atoms with Crippen LogP contribution in [0.15, 0.2) is 65.0 Å². The van der Waals surface area contributed by atoms with Crippen LogP contribution in [0.5, 0.6) is 5.75 Å². The van der Waals surface area contributed by atoms with Crippen LogP contribution in [0, 0.1) is 0 Å². The number of methoxy groups -OCH3 is 1. The summed E-state index contributed by atoms with van der Waals surface area (Å²) in [7, 11) is 1.59. The van der Waals surface area contributed by atoms with Crippen molar-refractivity contribution in [2.45, 2.75) is 13.3 Å². The van der Waals surface area contributed by atoms with Crippen molar-refractivity contribution in [2.24, 2.45) is 0 Å². The lowest BCUT2D eigenvalue weighted by molar-refractivity contribution is -0.117. The summed E-state index contributed by atoms with van der Waals surface area (Å²) in [6, 6.07) is 17.1. The van der Waals surface area contributed by atoms with Crippen LogP contribution < -0.4 is 15.6 Å². The second-order valence-electron chi connectivity index (χ2n) is 6.32. The quantitative estimate of drug-likeness (QED) is 0.661. The van der Waals surface area contributed by atoms with Crippen LogP contribution in [0.1, 0.15) is 18.1 Å². The van der Waals surface area contributed by atoms with Gasteiger partial charge in [0.1, 0.15) is 5.75 Å². The van der Waals surface area contributed by atoms with Crippen LogP contribution in [0.4, 0.5) is 0 Å². The molecule has 3 rings (SSSR count). The first-order valence-corrected chi connectivity index (χ1v) is 8.78. The molecule has 0 aliphatic rings. The van der Waals surface area contributed by atoms with Crippen molar-refractivity contribution in [3.05, 3.63) is 81.7 Å². The maximum Gasteiger partial charge on any atom is 0.251 e. The molecule has 0 radical (unpaired) electrons. The van der Waals surface area contributed by atoms with Crippen LogP contribution in [0.25, 0.3) is 17.0 Å². The molecule has 0 bridgehead atoms. The predicted molar refractivity (Wildman–Crippen MR) is 108 cm³/mol. The van der Waals surface area contributed by atoms with E-state index in [0.717, 1.165) is 16.5 Å². The van der Waals surface area contributed by atoms with E-state index in [9.17, 15) is 9.59 Å². The second kappa shape index (κ2) is 8.36. The van der Waals surface area contributed by atoms with Gasteiger partial charge in [-0.2, -0.15) is 0 Å². The van der Waals surface area contributed by atoms with Gasteiger partial charge >= 0.3 is 0 Å². The molecule has 0 fully saturated rings. The Labute approximate surface area is 157 Å². The Hall–Kier alpha value is -3.34. The smallest absolute Gasteiger partial charge is 0.251 e. The van der Waals surface area contributed by atoms with E-state index in [4.69, 9.17) is 4.74 Å². The van der Waals surface area contributed by atoms with Gasteiger partial charge in [0.2, 0.25) is 5.91 Å². The van der Waals surface area contributed by atoms with Crippen molar-refractivity contribution in [3.8, 4) is 5.75 Å². The van der Waals surface area contributed by atoms with E-state index < -0.39 is 0 Å². The number of H-pyrrole nitrogens is 1. The average Bonchev–Trinajstić information content (AvgIpc) is 2.68. The summed E-state index contributed by atoms with van der Waals surface area (Å²) < 4.78 is 5.17. The zero-order valence-corrected chi connectivity index (χ0v) is 15.4. The molecule has 0 saturated heterocycles. The van der Waals surface area contributed by atoms with Crippen LogP contribution >= 0.6 is 0 Å². The van der Waals surface area contributed by atoms with Gasteiger partial charge in [-0.3, -0.25) is 9.59 Å². The third kappa shape index (κ3) is 4.64. The summed E-state index contributed by atoms with van der Waals surface area (Å²) in [5.41, 5.74) is 2.82. The first kappa shape index (κ1) is 18.5. The van der Waals surface area contributed by atoms with E-state index in [2.05, 4.69) is 10.3 Å². The topological polar surface area (TPSA) is 71.2 Å². The molecule has 2 N–H and O–H groups in total. The standard InChI is InChI=1S/C22H22N2O3/c1-15(12-16-6-4-3-5-7-16)21(25)23-11-10-18-13-17-8-9-19(27-2)14-20(17)24-22(18)26/h3-9,12-14H,10-11H2,1-2H3,(H,23,25)(H,24,26)/b15-12+. The third-order valence-electron chi connectivity index (χ3n) is 4.35. The lowest BCUT2D eigenvalue weighted by Gasteiger charge is -2.07. The Balaban J connectivity index is 1.64. The number of nitrogens with one attached hydrogen (secondary N) is 2. The lowest BCUT2D eigenvalue weighted by atomic mass is 10.1. The summed E-state index contributed by atoms with van der Waals surface area (Å²) in [6.07, 6.45) is 2.30. The minimum absolute atomic E-state index is 0.138. The molecule has 0 aliphatic heterocycles. The number of aromatic nitrogens is 1. The van der Waals surface area contributed by atoms with Crippen LogP contribution in [-0.2, 0) is 11.2 Å². The van der Waals surface area contributed by atoms with E-state index in [1.54, 1.807) is 20.1 Å². The fraction of sp³-hybridized carbons (Fsp3) is 0.182. The van der Waals surface area contributed by atoms with E-state index in [-0.39, 0.29) is 11.5 Å². The number of carbonyl (C=O) groups excluding carboxylic acids is 1. The number of fused-ring (bicyclic) bond motifs is 1. The highest BCUT2D eigenvalue weighted by Gasteiger charge is 2.07. The zero-order valence-electron chi connectivity index (χ0n) is 15.4. The monoisotopic (exact) mass is 362 g/mol. The Kier molecular flexibility index (Phi) is 5.71. The van der Waals surface area contributed by atoms with E-state index in [1.807, 2.05) is 54.6 Å². The molecule has 5 nitrogen and oxygen atoms in total. The minimum Gasteiger partial charge on any atom is -0.497 e. The van der Waals surface area contributed by atoms with E-state index >= 15 is 0 Å². The van der Waals surface area contributed by atoms with Gasteiger partial charge in [0, 0.05) is 23.7 Å². The Morgan fingerprint density at radius 3 is 2.67 bits per heavy atom. The molecule has 0 atom stereocenters. The fourth-order valence-corrected chi connectivity index (χ4v) is 2.85. The fourth-order valence-electron chi connectivity index (χ4n) is 2.85. The largest absolute Gasteiger partial charge is 0.497 e. The molecule has 1 aromatic heterocycles. The van der Waals surface area contributed by atoms with Crippen molar-refractivity contribution in [1.82, 2.24) is 10.3 Å². The number of aromatic amines is 1. The number of benzene rings is 2. The maximum absolute atomic E-state index is 12.3. The maximum atomic E-state index is 12.3. The molecular formula is C22H22N2O3. The Morgan fingerprint density at radius 1 is 1.15 bits per heavy atom. The number of ether oxygens (including phenoxy) is 1. The molecule has 5 heteroatoms. The van der Waals surface area contributed by atoms with Crippen molar-refractivity contribution < 1.29 is 9.53 Å². The number of hydrogen-bond donors (Lipinski definition) is 2. The molecule has 1 amide bonds. The van der Waals surface area contributed by atoms with Crippen LogP contribution in [0.2, 0.25) is 0 Å². The minimum atomic E-state index is -0.151. The third-order valence-corrected chi connectivity index (χ3v) is 4.35. The van der Waals surface area contributed by atoms with Gasteiger partial charge in [-0.15, -0.1) is 0 Å². The van der Waals surface area contributed by atoms with Crippen molar-refractivity contribution >= 4 is 22.9 Å². The van der Waals surface area contributed by atoms with Crippen molar-refractivity contribution in [3.63, 3.8) is 0 Å². The summed E-state index contributed by atoms with van der Waals surface area (Å²) in [5, 5.41) is 3.79. The highest BCUT2D eigenvalue weighted by Crippen LogP contribution is 2.18. The normalized spacial score (nSPS) is 11.4. The number of amides is 1. The molecular weight excluding hydrogens is 340 g/mol. The van der Waals surface area contributed by atoms with Gasteiger partial charge in [-0.05, 0) is 48.6 Å². The number of carbonyl (C=O) groups is 1. The highest BCUT2D eigenvalue weighted by atomic mass is 16.5. The number of hydrogen-bond acceptors (Lipinski definition) is 3. The van der Waals surface area contributed by atoms with Crippen molar-refractivity contribution in [2.75, 3.05) is 13.7 Å². The highest BCUT2D eigenvalue weighted by molar-refractivity contribution is 5.97. The summed E-state index contributed by atoms with van der Waals surface area (Å²) in [6.45, 7) is 2.17. The van der Waals surface area contributed by atoms with Gasteiger partial charge in [0.15, 0.2) is 0 Å². The first-order chi connectivity index (χ1) is 13.1. The molecule has 1 heterocycles. The predicted octanol–water partition coefficient (Wildman–Crippen LogP) is 3.30. The van der Waals surface area contributed by atoms with E-state index in [0.29, 0.717) is 29.9 Å². The molecule has 2 aromatic carbocycles. The number of rotatable bonds is 6. The molecule has 0 spiro atoms. The second-order valence-corrected chi connectivity index (χ2v) is 6.32. The zero-order chi connectivity index (χ0) is 19.2. The van der Waals surface area contributed by atoms with Gasteiger partial charge in [0.05, 0.1) is 12.6 Å². The van der Waals surface area contributed by atoms with Crippen LogP contribution in [0.3, 0.4) is 0 Å². The SMILES string of the molecule is COc1ccc2cc(CCNC(=O)/C(C)=C/c3ccccc3)c(=O)[nH]c2c1. The summed E-state index contributed by atoms with van der Waals surface area (Å²) in [4.78, 5) is 27.4. The average molecular weight is 362 g/mol. The first-order valence-electron chi connectivity index (χ1n) is 8.78. The van der Waals surface area contributed by atoms with Gasteiger partial charge in [-0.25, -0.2) is 0 Å². The molecule has 0 aliphatic carbocycles. The molecule has 138 valence electrons. The molecule has 27 heavy (non-hydrogen) atoms. The van der Waals surface area contributed by atoms with E-state index in [1.165, 1.54) is 0 Å². The van der Waals surface area contributed by atoms with Gasteiger partial charge < -0.3 is 15.0 Å². The summed E-state index contributed by atoms with van der Waals surface area (Å²) in [5.74, 6) is 0.555. The molecule has 3 aromatic rings. The van der Waals surface area contributed by atoms with Crippen molar-refractivity contribution in [1.29, 1.82) is 0 Å².